The van der Waals surface area contributed by atoms with Gasteiger partial charge in [-0.15, -0.1) is 0 Å². The Balaban J connectivity index is 1.39. The van der Waals surface area contributed by atoms with Gasteiger partial charge in [0.05, 0.1) is 12.8 Å². The Morgan fingerprint density at radius 3 is 2.46 bits per heavy atom. The number of ether oxygens (including phenoxy) is 1. The second kappa shape index (κ2) is 12.4. The first-order valence-electron chi connectivity index (χ1n) is 14.6. The molecule has 3 fully saturated rings. The van der Waals surface area contributed by atoms with E-state index >= 15 is 0 Å². The minimum atomic E-state index is 0.448. The molecule has 4 heterocycles. The van der Waals surface area contributed by atoms with Gasteiger partial charge in [0.25, 0.3) is 0 Å². The number of methoxy groups -OCH3 is 1. The van der Waals surface area contributed by atoms with Crippen molar-refractivity contribution < 1.29 is 4.74 Å². The topological polar surface area (TPSA) is 56.8 Å². The van der Waals surface area contributed by atoms with Crippen LogP contribution in [0.1, 0.15) is 70.1 Å². The molecule has 37 heavy (non-hydrogen) atoms. The van der Waals surface area contributed by atoms with Crippen molar-refractivity contribution in [2.24, 2.45) is 0 Å². The lowest BCUT2D eigenvalue weighted by atomic mass is 10.0. The second-order valence-corrected chi connectivity index (χ2v) is 11.3. The summed E-state index contributed by atoms with van der Waals surface area (Å²) in [6, 6.07) is 1.06. The minimum absolute atomic E-state index is 0.448. The fourth-order valence-electron chi connectivity index (χ4n) is 6.08. The Morgan fingerprint density at radius 1 is 1.03 bits per heavy atom. The lowest BCUT2D eigenvalue weighted by molar-refractivity contribution is 0.177. The summed E-state index contributed by atoms with van der Waals surface area (Å²) in [5, 5.41) is 3.86. The van der Waals surface area contributed by atoms with Gasteiger partial charge in [-0.05, 0) is 84.0 Å². The number of anilines is 2. The standard InChI is InChI=1S/C30H46N6O/c1-23(2)35-20-13-25(14-21-35)31-29-26-11-12-28(37-3)24(10-4-5-15-34-16-6-7-17-34)22-27(26)32-30(33-29)36-18-8-9-19-36/h4,10,12,22-23,25H,5-9,11,13-21H2,1-3H3,(H,31,32,33)/b10-4+. The summed E-state index contributed by atoms with van der Waals surface area (Å²) in [7, 11) is 1.77. The minimum Gasteiger partial charge on any atom is -0.496 e. The highest BCUT2D eigenvalue weighted by atomic mass is 16.5. The van der Waals surface area contributed by atoms with Crippen LogP contribution in [0.15, 0.2) is 29.6 Å². The number of nitrogens with one attached hydrogen (secondary N) is 1. The molecule has 0 unspecified atom stereocenters. The van der Waals surface area contributed by atoms with Crippen molar-refractivity contribution in [3.8, 4) is 0 Å². The molecule has 4 aliphatic rings. The van der Waals surface area contributed by atoms with Crippen LogP contribution in [0.5, 0.6) is 0 Å². The van der Waals surface area contributed by atoms with Gasteiger partial charge in [0.1, 0.15) is 11.6 Å². The third kappa shape index (κ3) is 6.55. The van der Waals surface area contributed by atoms with Crippen LogP contribution in [0.3, 0.4) is 0 Å². The molecule has 3 aliphatic heterocycles. The summed E-state index contributed by atoms with van der Waals surface area (Å²) in [5.41, 5.74) is 3.32. The predicted octanol–water partition coefficient (Wildman–Crippen LogP) is 4.87. The summed E-state index contributed by atoms with van der Waals surface area (Å²) in [6.07, 6.45) is 18.2. The number of nitrogens with zero attached hydrogens (tertiary/aromatic N) is 5. The molecule has 5 rings (SSSR count). The summed E-state index contributed by atoms with van der Waals surface area (Å²) < 4.78 is 5.85. The van der Waals surface area contributed by atoms with Crippen molar-refractivity contribution >= 4 is 17.8 Å². The summed E-state index contributed by atoms with van der Waals surface area (Å²) in [4.78, 5) is 17.7. The van der Waals surface area contributed by atoms with Crippen molar-refractivity contribution in [1.29, 1.82) is 0 Å². The highest BCUT2D eigenvalue weighted by molar-refractivity contribution is 5.69. The van der Waals surface area contributed by atoms with E-state index in [0.29, 0.717) is 12.1 Å². The molecule has 0 amide bonds. The first-order chi connectivity index (χ1) is 18.1. The average molecular weight is 507 g/mol. The van der Waals surface area contributed by atoms with Crippen LogP contribution in [0.4, 0.5) is 11.8 Å². The number of fused-ring (bicyclic) bond motifs is 1. The van der Waals surface area contributed by atoms with E-state index in [4.69, 9.17) is 14.7 Å². The van der Waals surface area contributed by atoms with E-state index in [2.05, 4.69) is 58.2 Å². The van der Waals surface area contributed by atoms with Crippen molar-refractivity contribution in [3.63, 3.8) is 0 Å². The quantitative estimate of drug-likeness (QED) is 0.513. The number of hydrogen-bond donors (Lipinski definition) is 1. The molecule has 0 bridgehead atoms. The van der Waals surface area contributed by atoms with E-state index in [1.165, 1.54) is 44.3 Å². The molecular weight excluding hydrogens is 460 g/mol. The molecule has 1 N–H and O–H groups in total. The monoisotopic (exact) mass is 506 g/mol. The van der Waals surface area contributed by atoms with E-state index in [9.17, 15) is 0 Å². The molecule has 0 atom stereocenters. The van der Waals surface area contributed by atoms with E-state index in [1.54, 1.807) is 7.11 Å². The van der Waals surface area contributed by atoms with E-state index < -0.39 is 0 Å². The number of hydrogen-bond acceptors (Lipinski definition) is 7. The van der Waals surface area contributed by atoms with E-state index in [-0.39, 0.29) is 0 Å². The lowest BCUT2D eigenvalue weighted by Gasteiger charge is -2.35. The van der Waals surface area contributed by atoms with Gasteiger partial charge in [-0.2, -0.15) is 4.98 Å². The van der Waals surface area contributed by atoms with E-state index in [0.717, 1.165) is 87.2 Å². The molecule has 0 saturated carbocycles. The Morgan fingerprint density at radius 2 is 1.76 bits per heavy atom. The maximum Gasteiger partial charge on any atom is 0.227 e. The molecule has 202 valence electrons. The van der Waals surface area contributed by atoms with Gasteiger partial charge >= 0.3 is 0 Å². The molecule has 7 nitrogen and oxygen atoms in total. The van der Waals surface area contributed by atoms with Gasteiger partial charge < -0.3 is 24.8 Å². The van der Waals surface area contributed by atoms with Crippen LogP contribution in [0.25, 0.3) is 6.08 Å². The van der Waals surface area contributed by atoms with Crippen molar-refractivity contribution in [3.05, 3.63) is 40.8 Å². The van der Waals surface area contributed by atoms with Crippen molar-refractivity contribution in [2.75, 3.05) is 63.1 Å². The summed E-state index contributed by atoms with van der Waals surface area (Å²) in [6.45, 7) is 12.6. The maximum atomic E-state index is 5.85. The third-order valence-electron chi connectivity index (χ3n) is 8.41. The molecule has 3 saturated heterocycles. The first-order valence-corrected chi connectivity index (χ1v) is 14.6. The summed E-state index contributed by atoms with van der Waals surface area (Å²) >= 11 is 0. The molecule has 1 aliphatic carbocycles. The second-order valence-electron chi connectivity index (χ2n) is 11.3. The SMILES string of the molecule is COC1=CCc2c(nc(N3CCCC3)nc2NC2CCN(C(C)C)CC2)C=C1/C=C/CCN1CCCC1. The molecule has 1 aromatic rings. The fourth-order valence-corrected chi connectivity index (χ4v) is 6.08. The Hall–Kier alpha value is -2.38. The molecule has 0 spiro atoms. The van der Waals surface area contributed by atoms with Gasteiger partial charge in [-0.1, -0.05) is 12.2 Å². The van der Waals surface area contributed by atoms with Gasteiger partial charge in [0, 0.05) is 62.4 Å². The third-order valence-corrected chi connectivity index (χ3v) is 8.41. The Kier molecular flexibility index (Phi) is 8.82. The van der Waals surface area contributed by atoms with Gasteiger partial charge in [0.15, 0.2) is 0 Å². The van der Waals surface area contributed by atoms with E-state index in [1.807, 2.05) is 0 Å². The highest BCUT2D eigenvalue weighted by Crippen LogP contribution is 2.31. The van der Waals surface area contributed by atoms with Gasteiger partial charge in [-0.25, -0.2) is 4.98 Å². The fraction of sp³-hybridized carbons (Fsp3) is 0.667. The van der Waals surface area contributed by atoms with Crippen LogP contribution < -0.4 is 10.2 Å². The zero-order chi connectivity index (χ0) is 25.6. The van der Waals surface area contributed by atoms with Gasteiger partial charge in [-0.3, -0.25) is 0 Å². The molecule has 1 aromatic heterocycles. The number of likely N-dealkylation sites (tertiary alicyclic amines) is 2. The normalized spacial score (nSPS) is 21.9. The largest absolute Gasteiger partial charge is 0.496 e. The molecule has 0 radical (unpaired) electrons. The highest BCUT2D eigenvalue weighted by Gasteiger charge is 2.25. The van der Waals surface area contributed by atoms with Crippen LogP contribution in [0.2, 0.25) is 0 Å². The van der Waals surface area contributed by atoms with Crippen molar-refractivity contribution in [2.45, 2.75) is 77.3 Å². The molecule has 0 aromatic carbocycles. The van der Waals surface area contributed by atoms with Crippen LogP contribution in [-0.4, -0.2) is 84.8 Å². The van der Waals surface area contributed by atoms with Crippen LogP contribution in [0, 0.1) is 0 Å². The Labute approximate surface area is 223 Å². The predicted molar refractivity (Wildman–Crippen MR) is 153 cm³/mol. The van der Waals surface area contributed by atoms with Crippen LogP contribution >= 0.6 is 0 Å². The first kappa shape index (κ1) is 26.2. The number of piperidine rings is 1. The van der Waals surface area contributed by atoms with Crippen molar-refractivity contribution in [1.82, 2.24) is 19.8 Å². The van der Waals surface area contributed by atoms with Gasteiger partial charge in [0.2, 0.25) is 5.95 Å². The maximum absolute atomic E-state index is 5.85. The molecular formula is C30H46N6O. The average Bonchev–Trinajstić information content (AvgIpc) is 3.60. The zero-order valence-electron chi connectivity index (χ0n) is 23.2. The lowest BCUT2D eigenvalue weighted by Crippen LogP contribution is -2.42. The molecule has 7 heteroatoms. The van der Waals surface area contributed by atoms with Crippen LogP contribution in [-0.2, 0) is 11.2 Å². The smallest absolute Gasteiger partial charge is 0.227 e. The zero-order valence-corrected chi connectivity index (χ0v) is 23.2. The Bertz CT molecular complexity index is 996. The number of allylic oxidation sites excluding steroid dienone is 2. The number of aromatic nitrogens is 2. The number of rotatable bonds is 9. The summed E-state index contributed by atoms with van der Waals surface area (Å²) in [5.74, 6) is 2.80.